The van der Waals surface area contributed by atoms with Gasteiger partial charge in [-0.1, -0.05) is 0 Å². The lowest BCUT2D eigenvalue weighted by molar-refractivity contribution is -0.120. The Labute approximate surface area is 90.5 Å². The molecular formula is C12H18N2O. The molecule has 0 amide bonds. The summed E-state index contributed by atoms with van der Waals surface area (Å²) in [4.78, 5) is 16.5. The molecule has 0 saturated heterocycles. The first-order chi connectivity index (χ1) is 7.25. The maximum atomic E-state index is 11.1. The van der Waals surface area contributed by atoms with E-state index in [1.807, 2.05) is 12.3 Å². The van der Waals surface area contributed by atoms with Crippen LogP contribution in [0.25, 0.3) is 0 Å². The van der Waals surface area contributed by atoms with Crippen LogP contribution in [-0.4, -0.2) is 24.4 Å². The summed E-state index contributed by atoms with van der Waals surface area (Å²) in [5.74, 6) is 2.27. The van der Waals surface area contributed by atoms with Crippen molar-refractivity contribution in [3.05, 3.63) is 18.3 Å². The van der Waals surface area contributed by atoms with Crippen LogP contribution in [0.15, 0.2) is 18.3 Å². The number of nitrogens with one attached hydrogen (secondary N) is 1. The number of H-pyrrole nitrogens is 1. The molecule has 0 unspecified atom stereocenters. The van der Waals surface area contributed by atoms with Gasteiger partial charge in [-0.25, -0.2) is 0 Å². The van der Waals surface area contributed by atoms with Gasteiger partial charge in [0.25, 0.3) is 0 Å². The van der Waals surface area contributed by atoms with Gasteiger partial charge in [-0.05, 0) is 30.9 Å². The second-order valence-electron chi connectivity index (χ2n) is 4.42. The van der Waals surface area contributed by atoms with Crippen molar-refractivity contribution >= 4 is 11.6 Å². The normalized spacial score (nSPS) is 18.1. The summed E-state index contributed by atoms with van der Waals surface area (Å²) < 4.78 is 0. The number of rotatable bonds is 3. The lowest BCUT2D eigenvalue weighted by Gasteiger charge is -2.26. The van der Waals surface area contributed by atoms with Crippen LogP contribution >= 0.6 is 0 Å². The number of nitrogens with zero attached hydrogens (tertiary/aromatic N) is 1. The lowest BCUT2D eigenvalue weighted by atomic mass is 9.88. The van der Waals surface area contributed by atoms with Crippen molar-refractivity contribution in [1.29, 1.82) is 0 Å². The molecule has 0 aliphatic heterocycles. The van der Waals surface area contributed by atoms with E-state index >= 15 is 0 Å². The van der Waals surface area contributed by atoms with E-state index in [0.717, 1.165) is 38.0 Å². The molecule has 1 fully saturated rings. The smallest absolute Gasteiger partial charge is 0.132 e. The molecular weight excluding hydrogens is 188 g/mol. The third-order valence-electron chi connectivity index (χ3n) is 3.19. The largest absolute Gasteiger partial charge is 0.361 e. The topological polar surface area (TPSA) is 36.1 Å². The van der Waals surface area contributed by atoms with E-state index in [4.69, 9.17) is 0 Å². The number of hydrogen-bond donors (Lipinski definition) is 1. The maximum Gasteiger partial charge on any atom is 0.132 e. The summed E-state index contributed by atoms with van der Waals surface area (Å²) in [6, 6.07) is 4.09. The van der Waals surface area contributed by atoms with Crippen LogP contribution < -0.4 is 4.90 Å². The maximum absolute atomic E-state index is 11.1. The van der Waals surface area contributed by atoms with Crippen LogP contribution in [0.1, 0.15) is 25.7 Å². The standard InChI is InChI=1S/C12H18N2O/c1-14(12-3-2-8-13-12)9-10-4-6-11(15)7-5-10/h2-3,8,10,13H,4-7,9H2,1H3. The molecule has 3 heteroatoms. The number of anilines is 1. The van der Waals surface area contributed by atoms with E-state index in [1.165, 1.54) is 0 Å². The fourth-order valence-electron chi connectivity index (χ4n) is 2.23. The van der Waals surface area contributed by atoms with Crippen molar-refractivity contribution in [2.45, 2.75) is 25.7 Å². The van der Waals surface area contributed by atoms with Crippen molar-refractivity contribution in [3.8, 4) is 0 Å². The van der Waals surface area contributed by atoms with Gasteiger partial charge in [-0.3, -0.25) is 4.79 Å². The van der Waals surface area contributed by atoms with Gasteiger partial charge in [0.1, 0.15) is 11.6 Å². The average Bonchev–Trinajstić information content (AvgIpc) is 2.74. The van der Waals surface area contributed by atoms with Gasteiger partial charge in [0.05, 0.1) is 0 Å². The number of Topliss-reactive ketones (excluding diaryl/α,β-unsaturated/α-hetero) is 1. The molecule has 15 heavy (non-hydrogen) atoms. The predicted molar refractivity (Wildman–Crippen MR) is 61.0 cm³/mol. The Hall–Kier alpha value is -1.25. The first-order valence-corrected chi connectivity index (χ1v) is 5.62. The van der Waals surface area contributed by atoms with Gasteiger partial charge < -0.3 is 9.88 Å². The molecule has 1 N–H and O–H groups in total. The Morgan fingerprint density at radius 1 is 1.47 bits per heavy atom. The zero-order valence-electron chi connectivity index (χ0n) is 9.20. The molecule has 0 spiro atoms. The number of aromatic nitrogens is 1. The monoisotopic (exact) mass is 206 g/mol. The Morgan fingerprint density at radius 2 is 2.20 bits per heavy atom. The van der Waals surface area contributed by atoms with Gasteiger partial charge in [-0.2, -0.15) is 0 Å². The fraction of sp³-hybridized carbons (Fsp3) is 0.583. The summed E-state index contributed by atoms with van der Waals surface area (Å²) in [5, 5.41) is 0. The third kappa shape index (κ3) is 2.61. The minimum absolute atomic E-state index is 0.439. The van der Waals surface area contributed by atoms with Crippen molar-refractivity contribution < 1.29 is 4.79 Å². The van der Waals surface area contributed by atoms with E-state index in [2.05, 4.69) is 23.0 Å². The van der Waals surface area contributed by atoms with Crippen LogP contribution in [-0.2, 0) is 4.79 Å². The van der Waals surface area contributed by atoms with Gasteiger partial charge in [-0.15, -0.1) is 0 Å². The van der Waals surface area contributed by atoms with Crippen LogP contribution in [0.5, 0.6) is 0 Å². The molecule has 1 heterocycles. The Kier molecular flexibility index (Phi) is 3.09. The first kappa shape index (κ1) is 10.3. The zero-order valence-corrected chi connectivity index (χ0v) is 9.20. The van der Waals surface area contributed by atoms with Crippen LogP contribution in [0.4, 0.5) is 5.82 Å². The molecule has 1 aliphatic carbocycles. The molecule has 2 rings (SSSR count). The van der Waals surface area contributed by atoms with E-state index in [-0.39, 0.29) is 0 Å². The van der Waals surface area contributed by atoms with Gasteiger partial charge >= 0.3 is 0 Å². The van der Waals surface area contributed by atoms with Crippen molar-refractivity contribution in [3.63, 3.8) is 0 Å². The fourth-order valence-corrected chi connectivity index (χ4v) is 2.23. The zero-order chi connectivity index (χ0) is 10.7. The van der Waals surface area contributed by atoms with Crippen LogP contribution in [0.2, 0.25) is 0 Å². The van der Waals surface area contributed by atoms with Crippen LogP contribution in [0, 0.1) is 5.92 Å². The number of hydrogen-bond acceptors (Lipinski definition) is 2. The number of ketones is 1. The quantitative estimate of drug-likeness (QED) is 0.823. The Bertz CT molecular complexity index is 308. The van der Waals surface area contributed by atoms with E-state index in [9.17, 15) is 4.79 Å². The highest BCUT2D eigenvalue weighted by Crippen LogP contribution is 2.23. The molecule has 3 nitrogen and oxygen atoms in total. The van der Waals surface area contributed by atoms with Gasteiger partial charge in [0, 0.05) is 32.6 Å². The minimum atomic E-state index is 0.439. The molecule has 1 saturated carbocycles. The molecule has 0 radical (unpaired) electrons. The second-order valence-corrected chi connectivity index (χ2v) is 4.42. The molecule has 1 aromatic heterocycles. The summed E-state index contributed by atoms with van der Waals surface area (Å²) in [7, 11) is 2.10. The average molecular weight is 206 g/mol. The van der Waals surface area contributed by atoms with Crippen molar-refractivity contribution in [2.24, 2.45) is 5.92 Å². The van der Waals surface area contributed by atoms with E-state index in [0.29, 0.717) is 11.7 Å². The molecule has 0 bridgehead atoms. The number of aromatic amines is 1. The lowest BCUT2D eigenvalue weighted by Crippen LogP contribution is -2.28. The first-order valence-electron chi connectivity index (χ1n) is 5.62. The Morgan fingerprint density at radius 3 is 2.80 bits per heavy atom. The molecule has 0 atom stereocenters. The minimum Gasteiger partial charge on any atom is -0.361 e. The van der Waals surface area contributed by atoms with E-state index in [1.54, 1.807) is 0 Å². The summed E-state index contributed by atoms with van der Waals surface area (Å²) in [6.07, 6.45) is 5.62. The third-order valence-corrected chi connectivity index (χ3v) is 3.19. The Balaban J connectivity index is 1.84. The highest BCUT2D eigenvalue weighted by molar-refractivity contribution is 5.79. The summed E-state index contributed by atoms with van der Waals surface area (Å²) in [5.41, 5.74) is 0. The second kappa shape index (κ2) is 4.51. The van der Waals surface area contributed by atoms with Crippen LogP contribution in [0.3, 0.4) is 0 Å². The molecule has 82 valence electrons. The van der Waals surface area contributed by atoms with Crippen molar-refractivity contribution in [2.75, 3.05) is 18.5 Å². The molecule has 1 aromatic rings. The van der Waals surface area contributed by atoms with Gasteiger partial charge in [0.2, 0.25) is 0 Å². The van der Waals surface area contributed by atoms with Crippen molar-refractivity contribution in [1.82, 2.24) is 4.98 Å². The number of carbonyl (C=O) groups is 1. The molecule has 0 aromatic carbocycles. The SMILES string of the molecule is CN(CC1CCC(=O)CC1)c1ccc[nH]1. The highest BCUT2D eigenvalue weighted by atomic mass is 16.1. The summed E-state index contributed by atoms with van der Waals surface area (Å²) >= 11 is 0. The summed E-state index contributed by atoms with van der Waals surface area (Å²) in [6.45, 7) is 1.05. The number of carbonyl (C=O) groups excluding carboxylic acids is 1. The highest BCUT2D eigenvalue weighted by Gasteiger charge is 2.20. The predicted octanol–water partition coefficient (Wildman–Crippen LogP) is 2.21. The molecule has 1 aliphatic rings. The van der Waals surface area contributed by atoms with Gasteiger partial charge in [0.15, 0.2) is 0 Å². The van der Waals surface area contributed by atoms with E-state index < -0.39 is 0 Å².